The van der Waals surface area contributed by atoms with Crippen LogP contribution in [-0.4, -0.2) is 11.3 Å². The minimum absolute atomic E-state index is 0.0580. The number of alkyl halides is 3. The Morgan fingerprint density at radius 2 is 1.79 bits per heavy atom. The SMILES string of the molecule is Cc1ccc(F)c(C2(O)CCC(C(F)(F)F)CC2)c1. The highest BCUT2D eigenvalue weighted by molar-refractivity contribution is 5.29. The molecule has 5 heteroatoms. The topological polar surface area (TPSA) is 20.2 Å². The molecule has 0 radical (unpaired) electrons. The average molecular weight is 276 g/mol. The molecular weight excluding hydrogens is 260 g/mol. The van der Waals surface area contributed by atoms with Crippen molar-refractivity contribution in [2.24, 2.45) is 5.92 Å². The number of rotatable bonds is 1. The maximum absolute atomic E-state index is 13.7. The van der Waals surface area contributed by atoms with Gasteiger partial charge in [-0.3, -0.25) is 0 Å². The molecule has 19 heavy (non-hydrogen) atoms. The van der Waals surface area contributed by atoms with Gasteiger partial charge in [0.25, 0.3) is 0 Å². The van der Waals surface area contributed by atoms with E-state index >= 15 is 0 Å². The molecule has 0 bridgehead atoms. The van der Waals surface area contributed by atoms with Gasteiger partial charge in [0, 0.05) is 5.56 Å². The molecule has 1 aliphatic rings. The van der Waals surface area contributed by atoms with Crippen LogP contribution in [-0.2, 0) is 5.60 Å². The van der Waals surface area contributed by atoms with Crippen LogP contribution in [0.5, 0.6) is 0 Å². The summed E-state index contributed by atoms with van der Waals surface area (Å²) in [4.78, 5) is 0. The molecule has 1 aliphatic carbocycles. The number of hydrogen-bond donors (Lipinski definition) is 1. The van der Waals surface area contributed by atoms with E-state index in [2.05, 4.69) is 0 Å². The molecule has 0 aromatic heterocycles. The molecule has 0 unspecified atom stereocenters. The van der Waals surface area contributed by atoms with Gasteiger partial charge >= 0.3 is 6.18 Å². The second kappa shape index (κ2) is 4.78. The molecule has 2 rings (SSSR count). The van der Waals surface area contributed by atoms with Crippen LogP contribution >= 0.6 is 0 Å². The van der Waals surface area contributed by atoms with Crippen molar-refractivity contribution in [3.63, 3.8) is 0 Å². The van der Waals surface area contributed by atoms with E-state index in [0.29, 0.717) is 0 Å². The summed E-state index contributed by atoms with van der Waals surface area (Å²) in [6, 6.07) is 4.34. The second-order valence-electron chi connectivity index (χ2n) is 5.33. The molecule has 0 amide bonds. The predicted molar refractivity (Wildman–Crippen MR) is 63.0 cm³/mol. The normalized spacial score (nSPS) is 28.4. The van der Waals surface area contributed by atoms with Gasteiger partial charge in [0.1, 0.15) is 5.82 Å². The van der Waals surface area contributed by atoms with Crippen LogP contribution in [0.1, 0.15) is 36.8 Å². The van der Waals surface area contributed by atoms with Crippen LogP contribution in [0.3, 0.4) is 0 Å². The molecule has 1 fully saturated rings. The summed E-state index contributed by atoms with van der Waals surface area (Å²) < 4.78 is 51.5. The Hall–Kier alpha value is -1.10. The van der Waals surface area contributed by atoms with Crippen molar-refractivity contribution in [2.45, 2.75) is 44.4 Å². The van der Waals surface area contributed by atoms with Crippen molar-refractivity contribution in [1.82, 2.24) is 0 Å². The minimum Gasteiger partial charge on any atom is -0.385 e. The van der Waals surface area contributed by atoms with Crippen LogP contribution < -0.4 is 0 Å². The highest BCUT2D eigenvalue weighted by atomic mass is 19.4. The molecule has 1 N–H and O–H groups in total. The van der Waals surface area contributed by atoms with E-state index in [0.717, 1.165) is 5.56 Å². The van der Waals surface area contributed by atoms with E-state index < -0.39 is 23.5 Å². The Balaban J connectivity index is 2.20. The summed E-state index contributed by atoms with van der Waals surface area (Å²) in [6.07, 6.45) is -4.66. The molecule has 1 saturated carbocycles. The largest absolute Gasteiger partial charge is 0.391 e. The molecular formula is C14H16F4O. The van der Waals surface area contributed by atoms with Gasteiger partial charge in [0.15, 0.2) is 0 Å². The maximum atomic E-state index is 13.7. The lowest BCUT2D eigenvalue weighted by molar-refractivity contribution is -0.193. The summed E-state index contributed by atoms with van der Waals surface area (Å²) in [7, 11) is 0. The highest BCUT2D eigenvalue weighted by Crippen LogP contribution is 2.45. The van der Waals surface area contributed by atoms with Gasteiger partial charge < -0.3 is 5.11 Å². The third-order valence-electron chi connectivity index (χ3n) is 3.90. The van der Waals surface area contributed by atoms with Crippen LogP contribution in [0, 0.1) is 18.7 Å². The maximum Gasteiger partial charge on any atom is 0.391 e. The number of aliphatic hydroxyl groups is 1. The highest BCUT2D eigenvalue weighted by Gasteiger charge is 2.46. The minimum atomic E-state index is -4.23. The first-order valence-electron chi connectivity index (χ1n) is 6.28. The first-order chi connectivity index (χ1) is 8.72. The van der Waals surface area contributed by atoms with Crippen molar-refractivity contribution in [2.75, 3.05) is 0 Å². The molecule has 1 aromatic carbocycles. The fourth-order valence-electron chi connectivity index (χ4n) is 2.69. The lowest BCUT2D eigenvalue weighted by Gasteiger charge is -2.37. The summed E-state index contributed by atoms with van der Waals surface area (Å²) in [5, 5.41) is 10.4. The van der Waals surface area contributed by atoms with E-state index in [1.165, 1.54) is 12.1 Å². The predicted octanol–water partition coefficient (Wildman–Crippen LogP) is 4.07. The second-order valence-corrected chi connectivity index (χ2v) is 5.33. The van der Waals surface area contributed by atoms with Crippen LogP contribution in [0.2, 0.25) is 0 Å². The van der Waals surface area contributed by atoms with Crippen LogP contribution in [0.15, 0.2) is 18.2 Å². The number of hydrogen-bond acceptors (Lipinski definition) is 1. The van der Waals surface area contributed by atoms with Gasteiger partial charge in [-0.1, -0.05) is 17.7 Å². The lowest BCUT2D eigenvalue weighted by Crippen LogP contribution is -2.37. The number of halogens is 4. The molecule has 0 saturated heterocycles. The number of aryl methyl sites for hydroxylation is 1. The molecule has 1 aromatic rings. The smallest absolute Gasteiger partial charge is 0.385 e. The standard InChI is InChI=1S/C14H16F4O/c1-9-2-3-12(15)11(8-9)13(19)6-4-10(5-7-13)14(16,17)18/h2-3,8,10,19H,4-7H2,1H3. The van der Waals surface area contributed by atoms with E-state index in [1.807, 2.05) is 0 Å². The zero-order valence-corrected chi connectivity index (χ0v) is 10.6. The molecule has 1 nitrogen and oxygen atoms in total. The average Bonchev–Trinajstić information content (AvgIpc) is 2.31. The first kappa shape index (κ1) is 14.3. The number of benzene rings is 1. The van der Waals surface area contributed by atoms with Crippen molar-refractivity contribution < 1.29 is 22.7 Å². The first-order valence-corrected chi connectivity index (χ1v) is 6.28. The van der Waals surface area contributed by atoms with Crippen molar-refractivity contribution >= 4 is 0 Å². The fraction of sp³-hybridized carbons (Fsp3) is 0.571. The van der Waals surface area contributed by atoms with Crippen LogP contribution in [0.25, 0.3) is 0 Å². The Kier molecular flexibility index (Phi) is 3.60. The van der Waals surface area contributed by atoms with E-state index in [4.69, 9.17) is 0 Å². The summed E-state index contributed by atoms with van der Waals surface area (Å²) in [5.74, 6) is -1.95. The molecule has 106 valence electrons. The zero-order chi connectivity index (χ0) is 14.3. The molecule has 0 spiro atoms. The van der Waals surface area contributed by atoms with E-state index in [9.17, 15) is 22.7 Å². The van der Waals surface area contributed by atoms with Gasteiger partial charge in [-0.15, -0.1) is 0 Å². The van der Waals surface area contributed by atoms with Crippen molar-refractivity contribution in [3.8, 4) is 0 Å². The summed E-state index contributed by atoms with van der Waals surface area (Å²) in [6.45, 7) is 1.76. The third-order valence-corrected chi connectivity index (χ3v) is 3.90. The van der Waals surface area contributed by atoms with Gasteiger partial charge in [0.2, 0.25) is 0 Å². The van der Waals surface area contributed by atoms with Gasteiger partial charge in [0.05, 0.1) is 11.5 Å². The lowest BCUT2D eigenvalue weighted by atomic mass is 9.74. The molecule has 0 heterocycles. The summed E-state index contributed by atoms with van der Waals surface area (Å²) in [5.41, 5.74) is -0.575. The van der Waals surface area contributed by atoms with Gasteiger partial charge in [-0.05, 0) is 38.7 Å². The van der Waals surface area contributed by atoms with Crippen molar-refractivity contribution in [1.29, 1.82) is 0 Å². The Morgan fingerprint density at radius 1 is 1.21 bits per heavy atom. The quantitative estimate of drug-likeness (QED) is 0.766. The van der Waals surface area contributed by atoms with E-state index in [1.54, 1.807) is 13.0 Å². The summed E-state index contributed by atoms with van der Waals surface area (Å²) >= 11 is 0. The monoisotopic (exact) mass is 276 g/mol. The van der Waals surface area contributed by atoms with E-state index in [-0.39, 0.29) is 31.2 Å². The zero-order valence-electron chi connectivity index (χ0n) is 10.6. The van der Waals surface area contributed by atoms with Crippen molar-refractivity contribution in [3.05, 3.63) is 35.1 Å². The Labute approximate surface area is 109 Å². The van der Waals surface area contributed by atoms with Crippen LogP contribution in [0.4, 0.5) is 17.6 Å². The third kappa shape index (κ3) is 2.91. The molecule has 0 aliphatic heterocycles. The Morgan fingerprint density at radius 3 is 2.32 bits per heavy atom. The van der Waals surface area contributed by atoms with Gasteiger partial charge in [-0.2, -0.15) is 13.2 Å². The fourth-order valence-corrected chi connectivity index (χ4v) is 2.69. The molecule has 0 atom stereocenters. The Bertz CT molecular complexity index is 459. The van der Waals surface area contributed by atoms with Gasteiger partial charge in [-0.25, -0.2) is 4.39 Å².